The number of nitrogens with one attached hydrogen (secondary N) is 1. The van der Waals surface area contributed by atoms with Gasteiger partial charge in [-0.1, -0.05) is 0 Å². The highest BCUT2D eigenvalue weighted by Crippen LogP contribution is 2.29. The lowest BCUT2D eigenvalue weighted by atomic mass is 10.2. The fraction of sp³-hybridized carbons (Fsp3) is 0.375. The summed E-state index contributed by atoms with van der Waals surface area (Å²) in [5.41, 5.74) is 0.173. The van der Waals surface area contributed by atoms with E-state index in [0.717, 1.165) is 18.0 Å². The monoisotopic (exact) mass is 351 g/mol. The van der Waals surface area contributed by atoms with Crippen molar-refractivity contribution in [1.82, 2.24) is 20.3 Å². The van der Waals surface area contributed by atoms with E-state index in [1.165, 1.54) is 18.5 Å². The van der Waals surface area contributed by atoms with Gasteiger partial charge in [0.2, 0.25) is 0 Å². The van der Waals surface area contributed by atoms with Crippen molar-refractivity contribution in [2.24, 2.45) is 0 Å². The normalized spacial score (nSPS) is 17.6. The van der Waals surface area contributed by atoms with Crippen LogP contribution in [-0.2, 0) is 6.18 Å². The van der Waals surface area contributed by atoms with Crippen molar-refractivity contribution < 1.29 is 18.0 Å². The number of carbonyl (C=O) groups excluding carboxylic acids is 1. The van der Waals surface area contributed by atoms with E-state index in [1.807, 2.05) is 4.90 Å². The Bertz CT molecular complexity index is 746. The predicted molar refractivity (Wildman–Crippen MR) is 84.1 cm³/mol. The first kappa shape index (κ1) is 17.1. The molecule has 0 spiro atoms. The van der Waals surface area contributed by atoms with Crippen LogP contribution in [0.15, 0.2) is 30.7 Å². The molecule has 0 bridgehead atoms. The quantitative estimate of drug-likeness (QED) is 0.918. The van der Waals surface area contributed by atoms with Gasteiger partial charge in [0.1, 0.15) is 11.5 Å². The maximum atomic E-state index is 12.6. The maximum Gasteiger partial charge on any atom is 0.417 e. The Morgan fingerprint density at radius 3 is 2.60 bits per heavy atom. The van der Waals surface area contributed by atoms with E-state index in [0.29, 0.717) is 25.3 Å². The van der Waals surface area contributed by atoms with Crippen molar-refractivity contribution in [3.8, 4) is 0 Å². The Morgan fingerprint density at radius 2 is 2.00 bits per heavy atom. The minimum atomic E-state index is -4.40. The van der Waals surface area contributed by atoms with Crippen molar-refractivity contribution >= 4 is 11.7 Å². The van der Waals surface area contributed by atoms with E-state index >= 15 is 0 Å². The van der Waals surface area contributed by atoms with E-state index in [9.17, 15) is 18.0 Å². The van der Waals surface area contributed by atoms with Gasteiger partial charge < -0.3 is 10.2 Å². The van der Waals surface area contributed by atoms with Crippen molar-refractivity contribution in [2.45, 2.75) is 25.6 Å². The number of aromatic nitrogens is 3. The van der Waals surface area contributed by atoms with Gasteiger partial charge in [0, 0.05) is 31.5 Å². The zero-order chi connectivity index (χ0) is 18.0. The number of hydrogen-bond acceptors (Lipinski definition) is 5. The molecule has 6 nitrogen and oxygen atoms in total. The lowest BCUT2D eigenvalue weighted by molar-refractivity contribution is -0.137. The van der Waals surface area contributed by atoms with Crippen LogP contribution in [0.5, 0.6) is 0 Å². The summed E-state index contributed by atoms with van der Waals surface area (Å²) in [5.74, 6) is 0.139. The Kier molecular flexibility index (Phi) is 4.56. The number of pyridine rings is 1. The minimum Gasteiger partial charge on any atom is -0.354 e. The summed E-state index contributed by atoms with van der Waals surface area (Å²) in [7, 11) is 0. The topological polar surface area (TPSA) is 71.0 Å². The highest BCUT2D eigenvalue weighted by molar-refractivity contribution is 5.92. The number of carbonyl (C=O) groups is 1. The molecule has 0 aliphatic carbocycles. The molecule has 25 heavy (non-hydrogen) atoms. The Balaban J connectivity index is 1.60. The van der Waals surface area contributed by atoms with Crippen molar-refractivity contribution in [3.05, 3.63) is 47.7 Å². The molecule has 132 valence electrons. The zero-order valence-corrected chi connectivity index (χ0v) is 13.4. The molecule has 1 N–H and O–H groups in total. The summed E-state index contributed by atoms with van der Waals surface area (Å²) in [5, 5.41) is 2.86. The summed E-state index contributed by atoms with van der Waals surface area (Å²) in [6.45, 7) is 2.85. The molecule has 0 aromatic carbocycles. The number of amides is 1. The zero-order valence-electron chi connectivity index (χ0n) is 13.4. The fourth-order valence-electron chi connectivity index (χ4n) is 2.60. The number of halogens is 3. The van der Waals surface area contributed by atoms with Crippen LogP contribution in [0.3, 0.4) is 0 Å². The Hall–Kier alpha value is -2.71. The van der Waals surface area contributed by atoms with Crippen LogP contribution >= 0.6 is 0 Å². The van der Waals surface area contributed by atoms with Crippen LogP contribution in [0.2, 0.25) is 0 Å². The molecule has 1 atom stereocenters. The van der Waals surface area contributed by atoms with Crippen LogP contribution in [0, 0.1) is 6.92 Å². The van der Waals surface area contributed by atoms with Crippen molar-refractivity contribution in [2.75, 3.05) is 18.0 Å². The second kappa shape index (κ2) is 6.66. The third-order valence-corrected chi connectivity index (χ3v) is 3.94. The molecular formula is C16H16F3N5O. The van der Waals surface area contributed by atoms with Gasteiger partial charge >= 0.3 is 6.18 Å². The number of rotatable bonds is 3. The van der Waals surface area contributed by atoms with Gasteiger partial charge in [-0.25, -0.2) is 9.97 Å². The molecule has 1 aliphatic rings. The summed E-state index contributed by atoms with van der Waals surface area (Å²) >= 11 is 0. The molecule has 3 rings (SSSR count). The number of hydrogen-bond donors (Lipinski definition) is 1. The smallest absolute Gasteiger partial charge is 0.354 e. The molecule has 2 aromatic heterocycles. The maximum absolute atomic E-state index is 12.6. The molecule has 0 radical (unpaired) electrons. The van der Waals surface area contributed by atoms with Gasteiger partial charge in [-0.2, -0.15) is 13.2 Å². The van der Waals surface area contributed by atoms with Crippen LogP contribution in [0.4, 0.5) is 19.0 Å². The average molecular weight is 351 g/mol. The van der Waals surface area contributed by atoms with Gasteiger partial charge in [0.25, 0.3) is 5.91 Å². The van der Waals surface area contributed by atoms with E-state index in [4.69, 9.17) is 0 Å². The van der Waals surface area contributed by atoms with Crippen molar-refractivity contribution in [3.63, 3.8) is 0 Å². The summed E-state index contributed by atoms with van der Waals surface area (Å²) in [4.78, 5) is 25.9. The van der Waals surface area contributed by atoms with Gasteiger partial charge in [-0.3, -0.25) is 9.78 Å². The van der Waals surface area contributed by atoms with E-state index in [-0.39, 0.29) is 17.6 Å². The number of aryl methyl sites for hydroxylation is 1. The highest BCUT2D eigenvalue weighted by atomic mass is 19.4. The van der Waals surface area contributed by atoms with Crippen LogP contribution < -0.4 is 10.2 Å². The first-order valence-electron chi connectivity index (χ1n) is 7.70. The molecule has 2 aromatic rings. The van der Waals surface area contributed by atoms with E-state index in [2.05, 4.69) is 20.3 Å². The SMILES string of the molecule is Cc1cnc(C(=O)NC2CCN(c3ccc(C(F)(F)F)cn3)C2)cn1. The second-order valence-electron chi connectivity index (χ2n) is 5.85. The van der Waals surface area contributed by atoms with E-state index in [1.54, 1.807) is 6.92 Å². The molecule has 9 heteroatoms. The lowest BCUT2D eigenvalue weighted by Gasteiger charge is -2.18. The third-order valence-electron chi connectivity index (χ3n) is 3.94. The predicted octanol–water partition coefficient (Wildman–Crippen LogP) is 2.21. The van der Waals surface area contributed by atoms with Gasteiger partial charge in [-0.15, -0.1) is 0 Å². The first-order chi connectivity index (χ1) is 11.8. The molecule has 1 saturated heterocycles. The highest BCUT2D eigenvalue weighted by Gasteiger charge is 2.31. The molecule has 1 aliphatic heterocycles. The molecule has 3 heterocycles. The molecule has 1 unspecified atom stereocenters. The average Bonchev–Trinajstić information content (AvgIpc) is 3.03. The molecule has 0 saturated carbocycles. The lowest BCUT2D eigenvalue weighted by Crippen LogP contribution is -2.37. The van der Waals surface area contributed by atoms with Crippen LogP contribution in [0.1, 0.15) is 28.2 Å². The standard InChI is InChI=1S/C16H16F3N5O/c1-10-6-21-13(8-20-10)15(25)23-12-4-5-24(9-12)14-3-2-11(7-22-14)16(17,18)19/h2-3,6-8,12H,4-5,9H2,1H3,(H,23,25). The fourth-order valence-corrected chi connectivity index (χ4v) is 2.60. The first-order valence-corrected chi connectivity index (χ1v) is 7.70. The number of anilines is 1. The largest absolute Gasteiger partial charge is 0.417 e. The summed E-state index contributed by atoms with van der Waals surface area (Å²) < 4.78 is 37.7. The number of nitrogens with zero attached hydrogens (tertiary/aromatic N) is 4. The molecule has 1 fully saturated rings. The van der Waals surface area contributed by atoms with Gasteiger partial charge in [0.05, 0.1) is 17.5 Å². The number of alkyl halides is 3. The Labute approximate surface area is 142 Å². The Morgan fingerprint density at radius 1 is 1.20 bits per heavy atom. The minimum absolute atomic E-state index is 0.125. The molecule has 1 amide bonds. The van der Waals surface area contributed by atoms with Gasteiger partial charge in [0.15, 0.2) is 0 Å². The van der Waals surface area contributed by atoms with Crippen LogP contribution in [0.25, 0.3) is 0 Å². The van der Waals surface area contributed by atoms with E-state index < -0.39 is 11.7 Å². The molecular weight excluding hydrogens is 335 g/mol. The van der Waals surface area contributed by atoms with Gasteiger partial charge in [-0.05, 0) is 25.5 Å². The third kappa shape index (κ3) is 4.04. The summed E-state index contributed by atoms with van der Waals surface area (Å²) in [6.07, 6.45) is 0.0236. The van der Waals surface area contributed by atoms with Crippen molar-refractivity contribution in [1.29, 1.82) is 0 Å². The van der Waals surface area contributed by atoms with Crippen LogP contribution in [-0.4, -0.2) is 40.0 Å². The summed E-state index contributed by atoms with van der Waals surface area (Å²) in [6, 6.07) is 2.23. The second-order valence-corrected chi connectivity index (χ2v) is 5.85.